The molecule has 2 amide bonds. The van der Waals surface area contributed by atoms with Crippen molar-refractivity contribution < 1.29 is 4.79 Å². The highest BCUT2D eigenvalue weighted by Crippen LogP contribution is 2.29. The van der Waals surface area contributed by atoms with Gasteiger partial charge in [0.25, 0.3) is 0 Å². The van der Waals surface area contributed by atoms with Crippen molar-refractivity contribution in [3.8, 4) is 11.3 Å². The topological polar surface area (TPSA) is 48.5 Å². The fraction of sp³-hybridized carbons (Fsp3) is 0.290. The number of carbonyl (C=O) groups excluding carboxylic acids is 1. The lowest BCUT2D eigenvalue weighted by Crippen LogP contribution is -2.41. The molecule has 3 aromatic carbocycles. The monoisotopic (exact) mass is 512 g/mol. The first-order chi connectivity index (χ1) is 18.2. The summed E-state index contributed by atoms with van der Waals surface area (Å²) >= 11 is 1.46. The highest BCUT2D eigenvalue weighted by atomic mass is 32.1. The second-order valence-electron chi connectivity index (χ2n) is 9.01. The average molecular weight is 513 g/mol. The van der Waals surface area contributed by atoms with E-state index in [2.05, 4.69) is 77.6 Å². The summed E-state index contributed by atoms with van der Waals surface area (Å²) in [5, 5.41) is 5.69. The Balaban J connectivity index is 1.49. The van der Waals surface area contributed by atoms with Gasteiger partial charge in [0.15, 0.2) is 5.13 Å². The summed E-state index contributed by atoms with van der Waals surface area (Å²) in [6, 6.07) is 31.1. The van der Waals surface area contributed by atoms with Gasteiger partial charge in [-0.2, -0.15) is 0 Å². The summed E-state index contributed by atoms with van der Waals surface area (Å²) in [6.45, 7) is 8.42. The Morgan fingerprint density at radius 2 is 1.38 bits per heavy atom. The van der Waals surface area contributed by atoms with E-state index in [1.807, 2.05) is 52.7 Å². The van der Waals surface area contributed by atoms with Crippen LogP contribution in [0.5, 0.6) is 0 Å². The lowest BCUT2D eigenvalue weighted by molar-refractivity contribution is 0.195. The van der Waals surface area contributed by atoms with E-state index in [-0.39, 0.29) is 11.9 Å². The lowest BCUT2D eigenvalue weighted by Gasteiger charge is -2.28. The molecule has 4 rings (SSSR count). The molecule has 5 nitrogen and oxygen atoms in total. The van der Waals surface area contributed by atoms with Crippen molar-refractivity contribution in [3.63, 3.8) is 0 Å². The number of nitrogens with zero attached hydrogens (tertiary/aromatic N) is 3. The van der Waals surface area contributed by atoms with Gasteiger partial charge >= 0.3 is 6.03 Å². The molecule has 0 aliphatic carbocycles. The third-order valence-electron chi connectivity index (χ3n) is 6.75. The van der Waals surface area contributed by atoms with Crippen LogP contribution in [0.3, 0.4) is 0 Å². The van der Waals surface area contributed by atoms with Crippen LogP contribution < -0.4 is 5.32 Å². The first-order valence-corrected chi connectivity index (χ1v) is 13.9. The van der Waals surface area contributed by atoms with E-state index in [0.717, 1.165) is 37.3 Å². The summed E-state index contributed by atoms with van der Waals surface area (Å²) in [5.41, 5.74) is 4.46. The molecule has 0 saturated heterocycles. The van der Waals surface area contributed by atoms with E-state index in [0.29, 0.717) is 18.2 Å². The van der Waals surface area contributed by atoms with Gasteiger partial charge in [-0.1, -0.05) is 105 Å². The van der Waals surface area contributed by atoms with Crippen molar-refractivity contribution in [2.75, 3.05) is 38.0 Å². The molecule has 0 saturated carbocycles. The number of hydrogen-bond donors (Lipinski definition) is 1. The van der Waals surface area contributed by atoms with Crippen LogP contribution >= 0.6 is 11.3 Å². The molecule has 37 heavy (non-hydrogen) atoms. The maximum Gasteiger partial charge on any atom is 0.323 e. The standard InChI is InChI=1S/C31H36N4OS/c1-3-34(4-2)22-23-35(31(36)33-30-32-29(24-37-30)27-18-12-7-13-19-27)21-20-28(25-14-8-5-9-15-25)26-16-10-6-11-17-26/h5-19,24,28H,3-4,20-23H2,1-2H3,(H,32,33,36). The molecule has 0 aliphatic rings. The van der Waals surface area contributed by atoms with E-state index in [4.69, 9.17) is 0 Å². The van der Waals surface area contributed by atoms with Gasteiger partial charge in [-0.15, -0.1) is 11.3 Å². The normalized spacial score (nSPS) is 11.1. The zero-order valence-electron chi connectivity index (χ0n) is 21.7. The molecule has 0 aliphatic heterocycles. The number of amides is 2. The Kier molecular flexibility index (Phi) is 9.86. The largest absolute Gasteiger partial charge is 0.323 e. The lowest BCUT2D eigenvalue weighted by atomic mass is 9.88. The van der Waals surface area contributed by atoms with Gasteiger partial charge in [-0.25, -0.2) is 9.78 Å². The van der Waals surface area contributed by atoms with Crippen molar-refractivity contribution in [2.24, 2.45) is 0 Å². The molecule has 1 aromatic heterocycles. The van der Waals surface area contributed by atoms with Gasteiger partial charge in [0.1, 0.15) is 0 Å². The van der Waals surface area contributed by atoms with Crippen LogP contribution in [0.1, 0.15) is 37.3 Å². The van der Waals surface area contributed by atoms with E-state index in [1.165, 1.54) is 22.5 Å². The molecule has 0 atom stereocenters. The van der Waals surface area contributed by atoms with Gasteiger partial charge in [-0.05, 0) is 30.6 Å². The molecule has 6 heteroatoms. The maximum atomic E-state index is 13.5. The Morgan fingerprint density at radius 3 is 1.95 bits per heavy atom. The van der Waals surface area contributed by atoms with Crippen LogP contribution in [0.2, 0.25) is 0 Å². The molecule has 0 radical (unpaired) electrons. The summed E-state index contributed by atoms with van der Waals surface area (Å²) in [7, 11) is 0. The molecule has 0 spiro atoms. The van der Waals surface area contributed by atoms with Gasteiger partial charge in [0, 0.05) is 36.5 Å². The summed E-state index contributed by atoms with van der Waals surface area (Å²) in [6.07, 6.45) is 0.840. The van der Waals surface area contributed by atoms with Crippen molar-refractivity contribution in [1.82, 2.24) is 14.8 Å². The Morgan fingerprint density at radius 1 is 0.811 bits per heavy atom. The number of aromatic nitrogens is 1. The molecule has 0 fully saturated rings. The number of anilines is 1. The highest BCUT2D eigenvalue weighted by molar-refractivity contribution is 7.14. The van der Waals surface area contributed by atoms with E-state index in [1.54, 1.807) is 0 Å². The van der Waals surface area contributed by atoms with Crippen molar-refractivity contribution in [3.05, 3.63) is 108 Å². The minimum absolute atomic E-state index is 0.0963. The Labute approximate surface area is 224 Å². The summed E-state index contributed by atoms with van der Waals surface area (Å²) in [4.78, 5) is 22.5. The number of benzene rings is 3. The highest BCUT2D eigenvalue weighted by Gasteiger charge is 2.20. The summed E-state index contributed by atoms with van der Waals surface area (Å²) < 4.78 is 0. The number of thiazole rings is 1. The summed E-state index contributed by atoms with van der Waals surface area (Å²) in [5.74, 6) is 0.218. The Bertz CT molecular complexity index is 1170. The zero-order valence-corrected chi connectivity index (χ0v) is 22.5. The fourth-order valence-corrected chi connectivity index (χ4v) is 5.25. The van der Waals surface area contributed by atoms with Crippen LogP contribution in [-0.4, -0.2) is 53.5 Å². The first kappa shape index (κ1) is 26.6. The zero-order chi connectivity index (χ0) is 25.9. The molecule has 1 N–H and O–H groups in total. The Hall–Kier alpha value is -3.48. The van der Waals surface area contributed by atoms with E-state index >= 15 is 0 Å². The van der Waals surface area contributed by atoms with E-state index < -0.39 is 0 Å². The average Bonchev–Trinajstić information content (AvgIpc) is 3.42. The second kappa shape index (κ2) is 13.7. The fourth-order valence-electron chi connectivity index (χ4n) is 4.54. The third-order valence-corrected chi connectivity index (χ3v) is 7.50. The molecular formula is C31H36N4OS. The van der Waals surface area contributed by atoms with Crippen LogP contribution in [0.25, 0.3) is 11.3 Å². The number of hydrogen-bond acceptors (Lipinski definition) is 4. The van der Waals surface area contributed by atoms with Gasteiger partial charge < -0.3 is 9.80 Å². The quantitative estimate of drug-likeness (QED) is 0.218. The minimum Gasteiger partial charge on any atom is -0.323 e. The van der Waals surface area contributed by atoms with Gasteiger partial charge in [0.2, 0.25) is 0 Å². The first-order valence-electron chi connectivity index (χ1n) is 13.1. The maximum absolute atomic E-state index is 13.5. The number of rotatable bonds is 12. The van der Waals surface area contributed by atoms with Crippen LogP contribution in [-0.2, 0) is 0 Å². The van der Waals surface area contributed by atoms with Crippen molar-refractivity contribution >= 4 is 22.5 Å². The molecule has 1 heterocycles. The van der Waals surface area contributed by atoms with Crippen molar-refractivity contribution in [2.45, 2.75) is 26.2 Å². The number of nitrogens with one attached hydrogen (secondary N) is 1. The number of urea groups is 1. The predicted octanol–water partition coefficient (Wildman–Crippen LogP) is 7.21. The van der Waals surface area contributed by atoms with Crippen LogP contribution in [0, 0.1) is 0 Å². The van der Waals surface area contributed by atoms with Gasteiger partial charge in [0.05, 0.1) is 5.69 Å². The van der Waals surface area contributed by atoms with Crippen molar-refractivity contribution in [1.29, 1.82) is 0 Å². The third kappa shape index (κ3) is 7.51. The number of carbonyl (C=O) groups is 1. The van der Waals surface area contributed by atoms with Crippen LogP contribution in [0.4, 0.5) is 9.93 Å². The SMILES string of the molecule is CCN(CC)CCN(CCC(c1ccccc1)c1ccccc1)C(=O)Nc1nc(-c2ccccc2)cs1. The van der Waals surface area contributed by atoms with Crippen LogP contribution in [0.15, 0.2) is 96.4 Å². The smallest absolute Gasteiger partial charge is 0.323 e. The predicted molar refractivity (Wildman–Crippen MR) is 155 cm³/mol. The molecule has 0 unspecified atom stereocenters. The molecule has 4 aromatic rings. The molecule has 192 valence electrons. The molecular weight excluding hydrogens is 476 g/mol. The molecule has 0 bridgehead atoms. The van der Waals surface area contributed by atoms with E-state index in [9.17, 15) is 4.79 Å². The second-order valence-corrected chi connectivity index (χ2v) is 9.87. The number of likely N-dealkylation sites (N-methyl/N-ethyl adjacent to an activating group) is 1. The van der Waals surface area contributed by atoms with Gasteiger partial charge in [-0.3, -0.25) is 5.32 Å². The minimum atomic E-state index is -0.0963.